The molecule has 0 spiro atoms. The van der Waals surface area contributed by atoms with Crippen molar-refractivity contribution in [2.75, 3.05) is 19.8 Å². The highest BCUT2D eigenvalue weighted by Gasteiger charge is 2.50. The minimum Gasteiger partial charge on any atom is -0.462 e. The molecule has 2 bridgehead atoms. The van der Waals surface area contributed by atoms with E-state index in [0.29, 0.717) is 6.04 Å². The number of hydrogen-bond donors (Lipinski definition) is 14. The quantitative estimate of drug-likeness (QED) is 0.0847. The largest absolute Gasteiger partial charge is 0.462 e. The summed E-state index contributed by atoms with van der Waals surface area (Å²) in [5, 5.41) is 129. The van der Waals surface area contributed by atoms with Gasteiger partial charge < -0.3 is 95.8 Å². The van der Waals surface area contributed by atoms with E-state index >= 15 is 0 Å². The molecule has 450 valence electrons. The number of nitrogens with one attached hydrogen (secondary N) is 3. The third-order valence-electron chi connectivity index (χ3n) is 14.0. The molecule has 23 heteroatoms. The van der Waals surface area contributed by atoms with Crippen LogP contribution in [0.15, 0.2) is 85.1 Å². The van der Waals surface area contributed by atoms with Crippen LogP contribution in [0.5, 0.6) is 0 Å². The molecule has 14 N–H and O–H groups in total. The molecule has 2 fully saturated rings. The number of amides is 3. The minimum absolute atomic E-state index is 0.0720. The zero-order valence-corrected chi connectivity index (χ0v) is 47.9. The summed E-state index contributed by atoms with van der Waals surface area (Å²) in [6.07, 6.45) is 2.50. The molecule has 1 unspecified atom stereocenters. The maximum absolute atomic E-state index is 13.2. The molecule has 2 saturated heterocycles. The van der Waals surface area contributed by atoms with Gasteiger partial charge in [0.15, 0.2) is 12.1 Å². The fraction of sp³-hybridized carbons (Fsp3) is 0.696. The number of hydrogen-bond acceptors (Lipinski definition) is 19. The van der Waals surface area contributed by atoms with E-state index in [0.717, 1.165) is 0 Å². The summed E-state index contributed by atoms with van der Waals surface area (Å²) < 4.78 is 29.4. The molecule has 0 aromatic carbocycles. The zero-order valence-electron chi connectivity index (χ0n) is 46.9. The number of esters is 1. The Hall–Kier alpha value is -4.15. The summed E-state index contributed by atoms with van der Waals surface area (Å²) in [6, 6.07) is -2.65. The van der Waals surface area contributed by atoms with Crippen molar-refractivity contribution < 1.29 is 94.2 Å². The molecular weight excluding hydrogens is 1050 g/mol. The van der Waals surface area contributed by atoms with Crippen LogP contribution in [0.4, 0.5) is 9.59 Å². The number of carbonyl (C=O) groups excluding carboxylic acids is 3. The van der Waals surface area contributed by atoms with Crippen molar-refractivity contribution in [1.29, 1.82) is 0 Å². The second kappa shape index (κ2) is 35.0. The number of allylic oxidation sites excluding steroid dienone is 12. The van der Waals surface area contributed by atoms with Crippen LogP contribution >= 0.6 is 0 Å². The molecule has 22 nitrogen and oxygen atoms in total. The first-order valence-corrected chi connectivity index (χ1v) is 31.2. The Bertz CT molecular complexity index is 2030. The standard InChI is InChI=1S/C56H93N3O19Si/c1-35-21-18-16-14-12-10-8-9-11-13-15-17-19-22-42(77-53-52(70)49(51(69)38(4)76-53)59-55(72)74-27-28-79(5,6)7)32-46-48(58-54(71)57-25-20-26-60)45(66)34-56(73,78-46)33-41(63)30-44(65)43(64)24-23-39(61)29-40(62)31-47(67)75-37(3)36(2)50(35)68/h8-19,21-22,35-46,48-53,60-66,68-70,73H,20,23-34H2,1-7H3,(H,59,72)(H2,57,58,71)/b9-8+,12-10+,13-11+,16-14+,17-15+,21-18+,22-19+/t35-,36-,37?,38+,39+,40+,41-,42-,43+,44+,45-,46-,48+,49-,50+,51+,52-,53-,56+/m0/s1. The first-order valence-electron chi connectivity index (χ1n) is 27.5. The first kappa shape index (κ1) is 69.1. The van der Waals surface area contributed by atoms with Crippen LogP contribution in [-0.2, 0) is 28.5 Å². The SMILES string of the molecule is CC1OC(=O)C[C@H](O)C[C@H](O)CC[C@@H](O)[C@H](O)C[C@H](O)C[C@]2(O)C[C@H](O)[C@@H](NC(=O)NCCCO)[C@H](C[C@@H](O[C@@H]3O[C@H](C)[C@@H](O)[C@H](NC(=O)OCC[Si](C)(C)C)[C@@H]3O)/C=C/C=C/C=C/C=C/C=C/C=C/C=C/[C@H](C)[C@@H](O)[C@H]1C)O2. The normalized spacial score (nSPS) is 39.5. The summed E-state index contributed by atoms with van der Waals surface area (Å²) >= 11 is 0. The number of fused-ring (bicyclic) bond motifs is 2. The number of ether oxygens (including phenoxy) is 5. The van der Waals surface area contributed by atoms with Gasteiger partial charge in [-0.1, -0.05) is 119 Å². The highest BCUT2D eigenvalue weighted by molar-refractivity contribution is 6.76. The molecule has 3 aliphatic rings. The fourth-order valence-electron chi connectivity index (χ4n) is 9.08. The van der Waals surface area contributed by atoms with Gasteiger partial charge in [0.2, 0.25) is 0 Å². The molecule has 0 aromatic heterocycles. The number of rotatable bonds is 10. The molecule has 0 aliphatic carbocycles. The number of aliphatic hydroxyl groups is 11. The predicted molar refractivity (Wildman–Crippen MR) is 296 cm³/mol. The van der Waals surface area contributed by atoms with Gasteiger partial charge in [0, 0.05) is 58.7 Å². The Balaban J connectivity index is 1.98. The summed E-state index contributed by atoms with van der Waals surface area (Å²) in [4.78, 5) is 38.8. The highest BCUT2D eigenvalue weighted by Crippen LogP contribution is 2.35. The smallest absolute Gasteiger partial charge is 0.407 e. The van der Waals surface area contributed by atoms with E-state index in [4.69, 9.17) is 23.7 Å². The van der Waals surface area contributed by atoms with Crippen LogP contribution in [0.3, 0.4) is 0 Å². The van der Waals surface area contributed by atoms with Crippen molar-refractivity contribution >= 4 is 26.2 Å². The van der Waals surface area contributed by atoms with Gasteiger partial charge in [-0.3, -0.25) is 4.79 Å². The van der Waals surface area contributed by atoms with Gasteiger partial charge in [-0.2, -0.15) is 0 Å². The maximum atomic E-state index is 13.2. The van der Waals surface area contributed by atoms with Crippen molar-refractivity contribution in [2.24, 2.45) is 11.8 Å². The Morgan fingerprint density at radius 1 is 0.684 bits per heavy atom. The number of cyclic esters (lactones) is 1. The van der Waals surface area contributed by atoms with E-state index in [1.165, 1.54) is 6.92 Å². The van der Waals surface area contributed by atoms with Crippen LogP contribution in [0.25, 0.3) is 0 Å². The third-order valence-corrected chi connectivity index (χ3v) is 15.7. The molecule has 3 aliphatic heterocycles. The molecule has 3 amide bonds. The van der Waals surface area contributed by atoms with Gasteiger partial charge in [0.25, 0.3) is 0 Å². The summed E-state index contributed by atoms with van der Waals surface area (Å²) in [5.74, 6) is -3.83. The molecule has 19 atom stereocenters. The lowest BCUT2D eigenvalue weighted by atomic mass is 9.87. The number of alkyl carbamates (subject to hydrolysis) is 1. The minimum atomic E-state index is -2.32. The topological polar surface area (TPSA) is 356 Å². The molecular formula is C56H93N3O19Si. The van der Waals surface area contributed by atoms with E-state index in [1.54, 1.807) is 80.7 Å². The summed E-state index contributed by atoms with van der Waals surface area (Å²) in [7, 11) is -1.57. The Labute approximate surface area is 466 Å². The predicted octanol–water partition coefficient (Wildman–Crippen LogP) is 2.17. The van der Waals surface area contributed by atoms with Crippen molar-refractivity contribution in [3.63, 3.8) is 0 Å². The van der Waals surface area contributed by atoms with Crippen molar-refractivity contribution in [1.82, 2.24) is 16.0 Å². The average molecular weight is 1140 g/mol. The second-order valence-electron chi connectivity index (χ2n) is 22.2. The Kier molecular flexibility index (Phi) is 30.6. The van der Waals surface area contributed by atoms with Crippen molar-refractivity contribution in [2.45, 2.75) is 215 Å². The number of urea groups is 1. The van der Waals surface area contributed by atoms with Crippen molar-refractivity contribution in [3.05, 3.63) is 85.1 Å². The lowest BCUT2D eigenvalue weighted by molar-refractivity contribution is -0.303. The highest BCUT2D eigenvalue weighted by atomic mass is 28.3. The lowest BCUT2D eigenvalue weighted by Gasteiger charge is -2.46. The monoisotopic (exact) mass is 1140 g/mol. The molecule has 79 heavy (non-hydrogen) atoms. The van der Waals surface area contributed by atoms with Gasteiger partial charge >= 0.3 is 18.1 Å². The lowest BCUT2D eigenvalue weighted by Crippen LogP contribution is -2.65. The van der Waals surface area contributed by atoms with Gasteiger partial charge in [-0.05, 0) is 45.6 Å². The van der Waals surface area contributed by atoms with E-state index in [-0.39, 0.29) is 57.8 Å². The van der Waals surface area contributed by atoms with Crippen LogP contribution in [0, 0.1) is 11.8 Å². The molecule has 0 saturated carbocycles. The van der Waals surface area contributed by atoms with E-state index < -0.39 is 161 Å². The number of carbonyl (C=O) groups is 3. The summed E-state index contributed by atoms with van der Waals surface area (Å²) in [5.41, 5.74) is 0. The van der Waals surface area contributed by atoms with Gasteiger partial charge in [0.1, 0.15) is 18.3 Å². The third kappa shape index (κ3) is 26.1. The van der Waals surface area contributed by atoms with Crippen LogP contribution in [0.1, 0.15) is 85.5 Å². The summed E-state index contributed by atoms with van der Waals surface area (Å²) in [6.45, 7) is 13.1. The molecule has 0 aromatic rings. The molecule has 3 heterocycles. The van der Waals surface area contributed by atoms with E-state index in [2.05, 4.69) is 35.6 Å². The second-order valence-corrected chi connectivity index (χ2v) is 27.9. The van der Waals surface area contributed by atoms with E-state index in [1.807, 2.05) is 25.2 Å². The first-order chi connectivity index (χ1) is 37.2. The van der Waals surface area contributed by atoms with Gasteiger partial charge in [0.05, 0.1) is 86.2 Å². The number of aliphatic hydroxyl groups excluding tert-OH is 10. The molecule has 0 radical (unpaired) electrons. The average Bonchev–Trinajstić information content (AvgIpc) is 3.42. The zero-order chi connectivity index (χ0) is 58.9. The van der Waals surface area contributed by atoms with E-state index in [9.17, 15) is 70.6 Å². The molecule has 3 rings (SSSR count). The Morgan fingerprint density at radius 3 is 1.90 bits per heavy atom. The Morgan fingerprint density at radius 2 is 1.29 bits per heavy atom. The maximum Gasteiger partial charge on any atom is 0.407 e. The van der Waals surface area contributed by atoms with Crippen molar-refractivity contribution in [3.8, 4) is 0 Å². The fourth-order valence-corrected chi connectivity index (χ4v) is 9.80. The van der Waals surface area contributed by atoms with Gasteiger partial charge in [-0.25, -0.2) is 9.59 Å². The van der Waals surface area contributed by atoms with Crippen LogP contribution in [-0.4, -0.2) is 206 Å². The van der Waals surface area contributed by atoms with Crippen LogP contribution in [0.2, 0.25) is 25.7 Å². The van der Waals surface area contributed by atoms with Gasteiger partial charge in [-0.15, -0.1) is 0 Å². The van der Waals surface area contributed by atoms with Crippen LogP contribution < -0.4 is 16.0 Å².